The molecule has 0 aliphatic carbocycles. The van der Waals surface area contributed by atoms with E-state index in [4.69, 9.17) is 4.84 Å². The highest BCUT2D eigenvalue weighted by molar-refractivity contribution is 5.86. The molecule has 1 rings (SSSR count). The van der Waals surface area contributed by atoms with E-state index in [-0.39, 0.29) is 5.92 Å². The first-order valence-corrected chi connectivity index (χ1v) is 5.66. The van der Waals surface area contributed by atoms with Gasteiger partial charge in [0.1, 0.15) is 12.7 Å². The summed E-state index contributed by atoms with van der Waals surface area (Å²) >= 11 is 0. The average molecular weight is 233 g/mol. The van der Waals surface area contributed by atoms with E-state index >= 15 is 0 Å². The number of oxime groups is 1. The SMILES string of the molecule is C=C[C@H](C)[C@H](O)/C(C)=N/OCc1ccccc1. The van der Waals surface area contributed by atoms with Crippen LogP contribution in [0.15, 0.2) is 48.1 Å². The number of aliphatic hydroxyl groups excluding tert-OH is 1. The molecule has 0 spiro atoms. The summed E-state index contributed by atoms with van der Waals surface area (Å²) in [6.45, 7) is 7.67. The molecule has 0 saturated heterocycles. The lowest BCUT2D eigenvalue weighted by atomic mass is 10.0. The summed E-state index contributed by atoms with van der Waals surface area (Å²) < 4.78 is 0. The fraction of sp³-hybridized carbons (Fsp3) is 0.357. The smallest absolute Gasteiger partial charge is 0.142 e. The Bertz CT molecular complexity index is 373. The minimum absolute atomic E-state index is 0.0286. The number of hydrogen-bond donors (Lipinski definition) is 1. The van der Waals surface area contributed by atoms with Crippen LogP contribution in [0.5, 0.6) is 0 Å². The second kappa shape index (κ2) is 6.86. The molecule has 92 valence electrons. The minimum atomic E-state index is -0.636. The first-order valence-electron chi connectivity index (χ1n) is 5.66. The maximum Gasteiger partial charge on any atom is 0.142 e. The van der Waals surface area contributed by atoms with Crippen molar-refractivity contribution < 1.29 is 9.94 Å². The zero-order chi connectivity index (χ0) is 12.7. The molecule has 0 heterocycles. The Morgan fingerprint density at radius 2 is 2.12 bits per heavy atom. The van der Waals surface area contributed by atoms with Crippen LogP contribution in [-0.2, 0) is 11.4 Å². The summed E-state index contributed by atoms with van der Waals surface area (Å²) in [5, 5.41) is 13.7. The molecule has 0 amide bonds. The molecule has 2 atom stereocenters. The molecule has 0 unspecified atom stereocenters. The Hall–Kier alpha value is -1.61. The Labute approximate surface area is 102 Å². The predicted octanol–water partition coefficient (Wildman–Crippen LogP) is 2.76. The van der Waals surface area contributed by atoms with E-state index in [1.807, 2.05) is 37.3 Å². The summed E-state index contributed by atoms with van der Waals surface area (Å²) in [6, 6.07) is 9.78. The van der Waals surface area contributed by atoms with Crippen LogP contribution in [0.2, 0.25) is 0 Å². The second-order valence-corrected chi connectivity index (χ2v) is 4.03. The molecule has 0 radical (unpaired) electrons. The molecule has 0 saturated carbocycles. The molecular formula is C14H19NO2. The van der Waals surface area contributed by atoms with Gasteiger partial charge in [0, 0.05) is 5.92 Å². The fourth-order valence-corrected chi connectivity index (χ4v) is 1.35. The van der Waals surface area contributed by atoms with E-state index in [0.29, 0.717) is 12.3 Å². The van der Waals surface area contributed by atoms with Crippen LogP contribution in [0.4, 0.5) is 0 Å². The normalized spacial score (nSPS) is 15.1. The van der Waals surface area contributed by atoms with Gasteiger partial charge >= 0.3 is 0 Å². The summed E-state index contributed by atoms with van der Waals surface area (Å²) in [5.74, 6) is -0.0286. The third-order valence-corrected chi connectivity index (χ3v) is 2.58. The maximum absolute atomic E-state index is 9.80. The molecule has 1 aromatic carbocycles. The molecule has 3 nitrogen and oxygen atoms in total. The molecular weight excluding hydrogens is 214 g/mol. The van der Waals surface area contributed by atoms with Gasteiger partial charge in [-0.25, -0.2) is 0 Å². The lowest BCUT2D eigenvalue weighted by Crippen LogP contribution is -2.24. The van der Waals surface area contributed by atoms with Crippen LogP contribution in [-0.4, -0.2) is 16.9 Å². The van der Waals surface area contributed by atoms with Crippen LogP contribution in [0.25, 0.3) is 0 Å². The highest BCUT2D eigenvalue weighted by Crippen LogP contribution is 2.07. The third-order valence-electron chi connectivity index (χ3n) is 2.58. The number of nitrogens with zero attached hydrogens (tertiary/aromatic N) is 1. The predicted molar refractivity (Wildman–Crippen MR) is 69.7 cm³/mol. The zero-order valence-corrected chi connectivity index (χ0v) is 10.3. The molecule has 0 aromatic heterocycles. The van der Waals surface area contributed by atoms with Gasteiger partial charge in [0.05, 0.1) is 5.71 Å². The van der Waals surface area contributed by atoms with E-state index in [9.17, 15) is 5.11 Å². The number of hydrogen-bond acceptors (Lipinski definition) is 3. The first kappa shape index (κ1) is 13.5. The number of aliphatic hydroxyl groups is 1. The van der Waals surface area contributed by atoms with Crippen LogP contribution in [0, 0.1) is 5.92 Å². The van der Waals surface area contributed by atoms with Crippen molar-refractivity contribution in [2.24, 2.45) is 11.1 Å². The highest BCUT2D eigenvalue weighted by Gasteiger charge is 2.14. The molecule has 17 heavy (non-hydrogen) atoms. The van der Waals surface area contributed by atoms with Crippen molar-refractivity contribution in [1.82, 2.24) is 0 Å². The molecule has 1 aromatic rings. The van der Waals surface area contributed by atoms with E-state index in [2.05, 4.69) is 11.7 Å². The van der Waals surface area contributed by atoms with E-state index in [1.54, 1.807) is 13.0 Å². The first-order chi connectivity index (χ1) is 8.15. The summed E-state index contributed by atoms with van der Waals surface area (Å²) in [4.78, 5) is 5.19. The van der Waals surface area contributed by atoms with Crippen LogP contribution in [0.3, 0.4) is 0 Å². The average Bonchev–Trinajstić information content (AvgIpc) is 2.38. The molecule has 0 aliphatic rings. The molecule has 0 fully saturated rings. The Balaban J connectivity index is 2.46. The quantitative estimate of drug-likeness (QED) is 0.466. The van der Waals surface area contributed by atoms with Crippen LogP contribution in [0.1, 0.15) is 19.4 Å². The van der Waals surface area contributed by atoms with Gasteiger partial charge in [-0.2, -0.15) is 0 Å². The van der Waals surface area contributed by atoms with Gasteiger partial charge < -0.3 is 9.94 Å². The standard InChI is InChI=1S/C14H19NO2/c1-4-11(2)14(16)12(3)15-17-10-13-8-6-5-7-9-13/h4-9,11,14,16H,1,10H2,2-3H3/b15-12+/t11-,14-/m0/s1. The molecule has 0 aliphatic heterocycles. The summed E-state index contributed by atoms with van der Waals surface area (Å²) in [7, 11) is 0. The lowest BCUT2D eigenvalue weighted by molar-refractivity contribution is 0.121. The van der Waals surface area contributed by atoms with Crippen LogP contribution < -0.4 is 0 Å². The van der Waals surface area contributed by atoms with Crippen molar-refractivity contribution in [1.29, 1.82) is 0 Å². The van der Waals surface area contributed by atoms with E-state index in [1.165, 1.54) is 0 Å². The van der Waals surface area contributed by atoms with Crippen molar-refractivity contribution in [3.05, 3.63) is 48.6 Å². The van der Waals surface area contributed by atoms with Gasteiger partial charge in [-0.1, -0.05) is 48.5 Å². The van der Waals surface area contributed by atoms with Gasteiger partial charge in [-0.15, -0.1) is 6.58 Å². The number of rotatable bonds is 6. The van der Waals surface area contributed by atoms with Gasteiger partial charge in [-0.3, -0.25) is 0 Å². The summed E-state index contributed by atoms with van der Waals surface area (Å²) in [6.07, 6.45) is 1.06. The lowest BCUT2D eigenvalue weighted by Gasteiger charge is -2.14. The molecule has 1 N–H and O–H groups in total. The Kier molecular flexibility index (Phi) is 5.43. The largest absolute Gasteiger partial charge is 0.391 e. The Morgan fingerprint density at radius 3 is 2.71 bits per heavy atom. The number of benzene rings is 1. The van der Waals surface area contributed by atoms with Gasteiger partial charge in [0.2, 0.25) is 0 Å². The van der Waals surface area contributed by atoms with Crippen molar-refractivity contribution in [3.8, 4) is 0 Å². The van der Waals surface area contributed by atoms with Gasteiger partial charge in [0.15, 0.2) is 0 Å². The Morgan fingerprint density at radius 1 is 1.47 bits per heavy atom. The van der Waals surface area contributed by atoms with Crippen molar-refractivity contribution in [2.75, 3.05) is 0 Å². The topological polar surface area (TPSA) is 41.8 Å². The molecule has 3 heteroatoms. The second-order valence-electron chi connectivity index (χ2n) is 4.03. The highest BCUT2D eigenvalue weighted by atomic mass is 16.6. The monoisotopic (exact) mass is 233 g/mol. The van der Waals surface area contributed by atoms with Gasteiger partial charge in [-0.05, 0) is 12.5 Å². The summed E-state index contributed by atoms with van der Waals surface area (Å²) in [5.41, 5.74) is 1.61. The van der Waals surface area contributed by atoms with Crippen LogP contribution >= 0.6 is 0 Å². The van der Waals surface area contributed by atoms with Crippen molar-refractivity contribution >= 4 is 5.71 Å². The minimum Gasteiger partial charge on any atom is -0.391 e. The fourth-order valence-electron chi connectivity index (χ4n) is 1.35. The zero-order valence-electron chi connectivity index (χ0n) is 10.3. The third kappa shape index (κ3) is 4.41. The van der Waals surface area contributed by atoms with Crippen molar-refractivity contribution in [2.45, 2.75) is 26.6 Å². The molecule has 0 bridgehead atoms. The maximum atomic E-state index is 9.80. The van der Waals surface area contributed by atoms with E-state index < -0.39 is 6.10 Å². The van der Waals surface area contributed by atoms with Gasteiger partial charge in [0.25, 0.3) is 0 Å². The van der Waals surface area contributed by atoms with Crippen molar-refractivity contribution in [3.63, 3.8) is 0 Å². The van der Waals surface area contributed by atoms with E-state index in [0.717, 1.165) is 5.56 Å².